The zero-order valence-corrected chi connectivity index (χ0v) is 12.3. The van der Waals surface area contributed by atoms with Gasteiger partial charge in [0, 0.05) is 24.3 Å². The summed E-state index contributed by atoms with van der Waals surface area (Å²) in [7, 11) is 0. The molecule has 0 atom stereocenters. The second-order valence-electron chi connectivity index (χ2n) is 5.52. The lowest BCUT2D eigenvalue weighted by Gasteiger charge is -2.08. The van der Waals surface area contributed by atoms with Crippen LogP contribution >= 0.6 is 0 Å². The maximum atomic E-state index is 12.1. The second kappa shape index (κ2) is 6.00. The summed E-state index contributed by atoms with van der Waals surface area (Å²) in [5.41, 5.74) is 5.85. The number of amides is 1. The average Bonchev–Trinajstić information content (AvgIpc) is 2.94. The summed E-state index contributed by atoms with van der Waals surface area (Å²) in [6.07, 6.45) is 2.33. The van der Waals surface area contributed by atoms with E-state index in [0.717, 1.165) is 25.1 Å². The highest BCUT2D eigenvalue weighted by atomic mass is 16.1. The normalized spacial score (nSPS) is 12.6. The van der Waals surface area contributed by atoms with E-state index >= 15 is 0 Å². The molecule has 0 fully saturated rings. The van der Waals surface area contributed by atoms with Gasteiger partial charge in [-0.3, -0.25) is 4.79 Å². The predicted octanol–water partition coefficient (Wildman–Crippen LogP) is 3.53. The molecule has 0 saturated carbocycles. The van der Waals surface area contributed by atoms with Crippen molar-refractivity contribution in [2.24, 2.45) is 0 Å². The van der Waals surface area contributed by atoms with E-state index in [4.69, 9.17) is 0 Å². The maximum absolute atomic E-state index is 12.1. The van der Waals surface area contributed by atoms with Crippen molar-refractivity contribution in [2.75, 3.05) is 17.2 Å². The molecule has 1 heterocycles. The number of hydrogen-bond donors (Lipinski definition) is 2. The number of anilines is 2. The van der Waals surface area contributed by atoms with Gasteiger partial charge in [-0.05, 0) is 54.7 Å². The Balaban J connectivity index is 1.58. The third-order valence-electron chi connectivity index (χ3n) is 3.98. The Kier molecular flexibility index (Phi) is 3.91. The van der Waals surface area contributed by atoms with E-state index in [-0.39, 0.29) is 5.91 Å². The molecule has 1 amide bonds. The first-order chi connectivity index (χ1) is 10.2. The van der Waals surface area contributed by atoms with Crippen molar-refractivity contribution in [2.45, 2.75) is 26.2 Å². The van der Waals surface area contributed by atoms with E-state index in [9.17, 15) is 4.79 Å². The fraction of sp³-hybridized carbons (Fsp3) is 0.278. The van der Waals surface area contributed by atoms with Crippen LogP contribution < -0.4 is 10.6 Å². The van der Waals surface area contributed by atoms with Crippen molar-refractivity contribution in [3.63, 3.8) is 0 Å². The highest BCUT2D eigenvalue weighted by molar-refractivity contribution is 5.91. The third kappa shape index (κ3) is 3.24. The number of carbonyl (C=O) groups excluding carboxylic acids is 1. The summed E-state index contributed by atoms with van der Waals surface area (Å²) in [5.74, 6) is 0.0733. The van der Waals surface area contributed by atoms with E-state index in [2.05, 4.69) is 35.8 Å². The van der Waals surface area contributed by atoms with E-state index in [0.29, 0.717) is 6.42 Å². The highest BCUT2D eigenvalue weighted by Gasteiger charge is 2.11. The molecule has 0 radical (unpaired) electrons. The number of rotatable bonds is 4. The average molecular weight is 280 g/mol. The van der Waals surface area contributed by atoms with Gasteiger partial charge in [-0.25, -0.2) is 0 Å². The Bertz CT molecular complexity index is 664. The van der Waals surface area contributed by atoms with Crippen molar-refractivity contribution in [1.29, 1.82) is 0 Å². The molecule has 0 spiro atoms. The monoisotopic (exact) mass is 280 g/mol. The van der Waals surface area contributed by atoms with Gasteiger partial charge in [0.05, 0.1) is 0 Å². The predicted molar refractivity (Wildman–Crippen MR) is 86.8 cm³/mol. The fourth-order valence-electron chi connectivity index (χ4n) is 2.74. The standard InChI is InChI=1S/C18H20N2O/c1-13-4-2-3-5-14(13)6-9-18(21)20-16-7-8-17-15(12-16)10-11-19-17/h2-5,7-8,12,19H,6,9-11H2,1H3,(H,20,21). The molecule has 0 bridgehead atoms. The molecule has 0 unspecified atom stereocenters. The minimum Gasteiger partial charge on any atom is -0.384 e. The van der Waals surface area contributed by atoms with E-state index < -0.39 is 0 Å². The van der Waals surface area contributed by atoms with Crippen LogP contribution in [0.3, 0.4) is 0 Å². The number of carbonyl (C=O) groups is 1. The van der Waals surface area contributed by atoms with Gasteiger partial charge in [-0.1, -0.05) is 24.3 Å². The lowest BCUT2D eigenvalue weighted by Crippen LogP contribution is -2.12. The van der Waals surface area contributed by atoms with Crippen molar-refractivity contribution >= 4 is 17.3 Å². The van der Waals surface area contributed by atoms with Crippen LogP contribution in [0.15, 0.2) is 42.5 Å². The van der Waals surface area contributed by atoms with E-state index in [1.54, 1.807) is 0 Å². The highest BCUT2D eigenvalue weighted by Crippen LogP contribution is 2.25. The lowest BCUT2D eigenvalue weighted by atomic mass is 10.0. The van der Waals surface area contributed by atoms with E-state index in [1.165, 1.54) is 22.4 Å². The van der Waals surface area contributed by atoms with Crippen LogP contribution in [0.5, 0.6) is 0 Å². The third-order valence-corrected chi connectivity index (χ3v) is 3.98. The number of nitrogens with one attached hydrogen (secondary N) is 2. The largest absolute Gasteiger partial charge is 0.384 e. The first-order valence-corrected chi connectivity index (χ1v) is 7.43. The molecule has 0 aliphatic carbocycles. The van der Waals surface area contributed by atoms with Gasteiger partial charge in [0.15, 0.2) is 0 Å². The van der Waals surface area contributed by atoms with Gasteiger partial charge in [-0.2, -0.15) is 0 Å². The molecule has 3 heteroatoms. The van der Waals surface area contributed by atoms with Gasteiger partial charge in [0.1, 0.15) is 0 Å². The number of fused-ring (bicyclic) bond motifs is 1. The minimum absolute atomic E-state index is 0.0733. The molecule has 1 aliphatic heterocycles. The first kappa shape index (κ1) is 13.7. The number of benzene rings is 2. The molecule has 1 aliphatic rings. The zero-order chi connectivity index (χ0) is 14.7. The van der Waals surface area contributed by atoms with Gasteiger partial charge >= 0.3 is 0 Å². The van der Waals surface area contributed by atoms with Crippen LogP contribution in [0.2, 0.25) is 0 Å². The number of hydrogen-bond acceptors (Lipinski definition) is 2. The van der Waals surface area contributed by atoms with Crippen LogP contribution in [0, 0.1) is 6.92 Å². The smallest absolute Gasteiger partial charge is 0.224 e. The van der Waals surface area contributed by atoms with Crippen molar-refractivity contribution in [3.8, 4) is 0 Å². The Morgan fingerprint density at radius 1 is 1.24 bits per heavy atom. The SMILES string of the molecule is Cc1ccccc1CCC(=O)Nc1ccc2c(c1)CCN2. The van der Waals surface area contributed by atoms with Gasteiger partial charge in [-0.15, -0.1) is 0 Å². The van der Waals surface area contributed by atoms with Crippen LogP contribution in [0.4, 0.5) is 11.4 Å². The van der Waals surface area contributed by atoms with Crippen LogP contribution in [-0.4, -0.2) is 12.5 Å². The second-order valence-corrected chi connectivity index (χ2v) is 5.52. The summed E-state index contributed by atoms with van der Waals surface area (Å²) in [5, 5.41) is 6.32. The summed E-state index contributed by atoms with van der Waals surface area (Å²) in [4.78, 5) is 12.1. The molecule has 21 heavy (non-hydrogen) atoms. The molecule has 3 rings (SSSR count). The van der Waals surface area contributed by atoms with Crippen LogP contribution in [-0.2, 0) is 17.6 Å². The quantitative estimate of drug-likeness (QED) is 0.899. The van der Waals surface area contributed by atoms with Crippen molar-refractivity contribution in [1.82, 2.24) is 0 Å². The number of aryl methyl sites for hydroxylation is 2. The van der Waals surface area contributed by atoms with Gasteiger partial charge < -0.3 is 10.6 Å². The van der Waals surface area contributed by atoms with Crippen LogP contribution in [0.1, 0.15) is 23.1 Å². The molecular formula is C18H20N2O. The first-order valence-electron chi connectivity index (χ1n) is 7.43. The summed E-state index contributed by atoms with van der Waals surface area (Å²) in [6.45, 7) is 3.07. The van der Waals surface area contributed by atoms with Crippen molar-refractivity contribution in [3.05, 3.63) is 59.2 Å². The molecular weight excluding hydrogens is 260 g/mol. The lowest BCUT2D eigenvalue weighted by molar-refractivity contribution is -0.116. The van der Waals surface area contributed by atoms with Crippen molar-refractivity contribution < 1.29 is 4.79 Å². The topological polar surface area (TPSA) is 41.1 Å². The van der Waals surface area contributed by atoms with E-state index in [1.807, 2.05) is 24.3 Å². The Hall–Kier alpha value is -2.29. The van der Waals surface area contributed by atoms with Gasteiger partial charge in [0.2, 0.25) is 5.91 Å². The maximum Gasteiger partial charge on any atom is 0.224 e. The Morgan fingerprint density at radius 3 is 2.95 bits per heavy atom. The zero-order valence-electron chi connectivity index (χ0n) is 12.3. The molecule has 2 aromatic carbocycles. The van der Waals surface area contributed by atoms with Gasteiger partial charge in [0.25, 0.3) is 0 Å². The summed E-state index contributed by atoms with van der Waals surface area (Å²) in [6, 6.07) is 14.3. The fourth-order valence-corrected chi connectivity index (χ4v) is 2.74. The summed E-state index contributed by atoms with van der Waals surface area (Å²) >= 11 is 0. The molecule has 0 aromatic heterocycles. The molecule has 108 valence electrons. The molecule has 0 saturated heterocycles. The Morgan fingerprint density at radius 2 is 2.10 bits per heavy atom. The Labute approximate surface area is 125 Å². The minimum atomic E-state index is 0.0733. The molecule has 3 nitrogen and oxygen atoms in total. The molecule has 2 N–H and O–H groups in total. The summed E-state index contributed by atoms with van der Waals surface area (Å²) < 4.78 is 0. The molecule has 2 aromatic rings. The van der Waals surface area contributed by atoms with Crippen LogP contribution in [0.25, 0.3) is 0 Å².